The molecule has 0 unspecified atom stereocenters. The quantitative estimate of drug-likeness (QED) is 0.819. The number of rotatable bonds is 6. The molecule has 0 spiro atoms. The molecule has 100 valence electrons. The molecule has 1 rings (SSSR count). The van der Waals surface area contributed by atoms with Crippen LogP contribution in [0.2, 0.25) is 0 Å². The Morgan fingerprint density at radius 3 is 2.78 bits per heavy atom. The molecule has 0 saturated carbocycles. The molecule has 0 aromatic heterocycles. The fraction of sp³-hybridized carbons (Fsp3) is 0.462. The third-order valence-corrected chi connectivity index (χ3v) is 2.90. The van der Waals surface area contributed by atoms with Crippen LogP contribution in [-0.2, 0) is 16.1 Å². The third kappa shape index (κ3) is 4.31. The van der Waals surface area contributed by atoms with E-state index in [1.54, 1.807) is 0 Å². The Morgan fingerprint density at radius 1 is 1.44 bits per heavy atom. The summed E-state index contributed by atoms with van der Waals surface area (Å²) >= 11 is 3.46. The van der Waals surface area contributed by atoms with Crippen LogP contribution in [-0.4, -0.2) is 26.2 Å². The van der Waals surface area contributed by atoms with Gasteiger partial charge in [-0.1, -0.05) is 22.9 Å². The Bertz CT molecular complexity index is 421. The average molecular weight is 316 g/mol. The van der Waals surface area contributed by atoms with Crippen molar-refractivity contribution in [2.45, 2.75) is 20.4 Å². The molecule has 0 bridgehead atoms. The minimum atomic E-state index is -0.383. The first kappa shape index (κ1) is 15.0. The van der Waals surface area contributed by atoms with Gasteiger partial charge < -0.3 is 14.8 Å². The van der Waals surface area contributed by atoms with Gasteiger partial charge in [0.15, 0.2) is 6.61 Å². The van der Waals surface area contributed by atoms with Crippen molar-refractivity contribution in [2.75, 3.05) is 20.3 Å². The molecule has 0 fully saturated rings. The number of carbonyl (C=O) groups is 1. The summed E-state index contributed by atoms with van der Waals surface area (Å²) in [5.74, 6) is 0.358. The van der Waals surface area contributed by atoms with Crippen molar-refractivity contribution in [3.8, 4) is 5.75 Å². The summed E-state index contributed by atoms with van der Waals surface area (Å²) in [5, 5.41) is 3.24. The summed E-state index contributed by atoms with van der Waals surface area (Å²) in [6.07, 6.45) is 0. The molecular formula is C13H18BrNO3. The number of aryl methyl sites for hydroxylation is 1. The van der Waals surface area contributed by atoms with Gasteiger partial charge in [-0.15, -0.1) is 0 Å². The summed E-state index contributed by atoms with van der Waals surface area (Å²) in [6, 6.07) is 3.95. The molecule has 0 radical (unpaired) electrons. The maximum Gasteiger partial charge on any atom is 0.343 e. The van der Waals surface area contributed by atoms with Gasteiger partial charge >= 0.3 is 5.97 Å². The van der Waals surface area contributed by atoms with E-state index in [0.29, 0.717) is 6.54 Å². The lowest BCUT2D eigenvalue weighted by atomic mass is 10.1. The predicted molar refractivity (Wildman–Crippen MR) is 73.8 cm³/mol. The van der Waals surface area contributed by atoms with Gasteiger partial charge in [0.25, 0.3) is 0 Å². The Morgan fingerprint density at radius 2 is 2.17 bits per heavy atom. The van der Waals surface area contributed by atoms with Crippen LogP contribution < -0.4 is 10.1 Å². The van der Waals surface area contributed by atoms with E-state index in [1.165, 1.54) is 7.11 Å². The highest BCUT2D eigenvalue weighted by atomic mass is 79.9. The number of hydrogen-bond acceptors (Lipinski definition) is 4. The Labute approximate surface area is 116 Å². The third-order valence-electron chi connectivity index (χ3n) is 2.44. The summed E-state index contributed by atoms with van der Waals surface area (Å²) in [4.78, 5) is 11.1. The molecule has 1 N–H and O–H groups in total. The second kappa shape index (κ2) is 7.38. The van der Waals surface area contributed by atoms with Crippen LogP contribution in [0, 0.1) is 6.92 Å². The zero-order valence-corrected chi connectivity index (χ0v) is 12.5. The second-order valence-electron chi connectivity index (χ2n) is 3.86. The minimum absolute atomic E-state index is 0.0713. The van der Waals surface area contributed by atoms with Gasteiger partial charge in [-0.3, -0.25) is 0 Å². The number of methoxy groups -OCH3 is 1. The number of esters is 1. The molecule has 1 aromatic rings. The van der Waals surface area contributed by atoms with E-state index in [0.717, 1.165) is 27.9 Å². The van der Waals surface area contributed by atoms with Crippen molar-refractivity contribution >= 4 is 21.9 Å². The first-order valence-electron chi connectivity index (χ1n) is 5.77. The lowest BCUT2D eigenvalue weighted by molar-refractivity contribution is -0.142. The molecule has 5 heteroatoms. The fourth-order valence-corrected chi connectivity index (χ4v) is 2.21. The Kier molecular flexibility index (Phi) is 6.15. The summed E-state index contributed by atoms with van der Waals surface area (Å²) in [6.45, 7) is 5.50. The number of nitrogens with one attached hydrogen (secondary N) is 1. The highest BCUT2D eigenvalue weighted by Gasteiger charge is 2.11. The molecule has 0 amide bonds. The number of benzene rings is 1. The van der Waals surface area contributed by atoms with Crippen molar-refractivity contribution in [3.63, 3.8) is 0 Å². The number of hydrogen-bond donors (Lipinski definition) is 1. The van der Waals surface area contributed by atoms with Gasteiger partial charge in [0.05, 0.1) is 7.11 Å². The zero-order valence-electron chi connectivity index (χ0n) is 10.9. The SMILES string of the molecule is CCNCc1cc(Br)cc(C)c1OCC(=O)OC. The lowest BCUT2D eigenvalue weighted by Gasteiger charge is -2.14. The van der Waals surface area contributed by atoms with Crippen LogP contribution in [0.25, 0.3) is 0 Å². The average Bonchev–Trinajstić information content (AvgIpc) is 2.34. The van der Waals surface area contributed by atoms with Crippen LogP contribution in [0.4, 0.5) is 0 Å². The minimum Gasteiger partial charge on any atom is -0.481 e. The van der Waals surface area contributed by atoms with Crippen molar-refractivity contribution in [2.24, 2.45) is 0 Å². The van der Waals surface area contributed by atoms with Crippen LogP contribution in [0.1, 0.15) is 18.1 Å². The van der Waals surface area contributed by atoms with Crippen molar-refractivity contribution in [1.82, 2.24) is 5.32 Å². The summed E-state index contributed by atoms with van der Waals surface area (Å²) in [5.41, 5.74) is 2.01. The van der Waals surface area contributed by atoms with Crippen LogP contribution >= 0.6 is 15.9 Å². The Hall–Kier alpha value is -1.07. The number of carbonyl (C=O) groups excluding carboxylic acids is 1. The molecule has 1 aromatic carbocycles. The van der Waals surface area contributed by atoms with E-state index in [9.17, 15) is 4.79 Å². The van der Waals surface area contributed by atoms with Gasteiger partial charge in [0, 0.05) is 16.6 Å². The van der Waals surface area contributed by atoms with Gasteiger partial charge in [-0.2, -0.15) is 0 Å². The van der Waals surface area contributed by atoms with E-state index < -0.39 is 0 Å². The van der Waals surface area contributed by atoms with Crippen LogP contribution in [0.15, 0.2) is 16.6 Å². The molecular weight excluding hydrogens is 298 g/mol. The first-order valence-corrected chi connectivity index (χ1v) is 6.57. The van der Waals surface area contributed by atoms with Crippen molar-refractivity contribution < 1.29 is 14.3 Å². The molecule has 0 aliphatic carbocycles. The van der Waals surface area contributed by atoms with Crippen molar-refractivity contribution in [3.05, 3.63) is 27.7 Å². The van der Waals surface area contributed by atoms with Crippen LogP contribution in [0.5, 0.6) is 5.75 Å². The topological polar surface area (TPSA) is 47.6 Å². The summed E-state index contributed by atoms with van der Waals surface area (Å²) < 4.78 is 11.1. The van der Waals surface area contributed by atoms with Gasteiger partial charge in [0.2, 0.25) is 0 Å². The second-order valence-corrected chi connectivity index (χ2v) is 4.77. The van der Waals surface area contributed by atoms with E-state index in [-0.39, 0.29) is 12.6 Å². The van der Waals surface area contributed by atoms with Gasteiger partial charge in [0.1, 0.15) is 5.75 Å². The smallest absolute Gasteiger partial charge is 0.343 e. The summed E-state index contributed by atoms with van der Waals surface area (Å²) in [7, 11) is 1.35. The predicted octanol–water partition coefficient (Wildman–Crippen LogP) is 2.42. The standard InChI is InChI=1S/C13H18BrNO3/c1-4-15-7-10-6-11(14)5-9(2)13(10)18-8-12(16)17-3/h5-6,15H,4,7-8H2,1-3H3. The van der Waals surface area contributed by atoms with Crippen molar-refractivity contribution in [1.29, 1.82) is 0 Å². The van der Waals surface area contributed by atoms with Crippen LogP contribution in [0.3, 0.4) is 0 Å². The number of ether oxygens (including phenoxy) is 2. The van der Waals surface area contributed by atoms with E-state index in [1.807, 2.05) is 26.0 Å². The van der Waals surface area contributed by atoms with Gasteiger partial charge in [-0.05, 0) is 31.2 Å². The molecule has 4 nitrogen and oxygen atoms in total. The fourth-order valence-electron chi connectivity index (χ4n) is 1.59. The molecule has 0 heterocycles. The largest absolute Gasteiger partial charge is 0.481 e. The number of halogens is 1. The lowest BCUT2D eigenvalue weighted by Crippen LogP contribution is -2.17. The highest BCUT2D eigenvalue weighted by Crippen LogP contribution is 2.28. The molecule has 0 atom stereocenters. The Balaban J connectivity index is 2.88. The molecule has 0 aliphatic rings. The van der Waals surface area contributed by atoms with E-state index >= 15 is 0 Å². The maximum atomic E-state index is 11.1. The normalized spacial score (nSPS) is 10.2. The monoisotopic (exact) mass is 315 g/mol. The van der Waals surface area contributed by atoms with Gasteiger partial charge in [-0.25, -0.2) is 4.79 Å². The highest BCUT2D eigenvalue weighted by molar-refractivity contribution is 9.10. The van der Waals surface area contributed by atoms with E-state index in [2.05, 4.69) is 26.0 Å². The first-order chi connectivity index (χ1) is 8.58. The molecule has 18 heavy (non-hydrogen) atoms. The molecule has 0 aliphatic heterocycles. The zero-order chi connectivity index (χ0) is 13.5. The van der Waals surface area contributed by atoms with E-state index in [4.69, 9.17) is 4.74 Å². The molecule has 0 saturated heterocycles. The maximum absolute atomic E-state index is 11.1.